The standard InChI is InChI=1S/C19H21NO2/c1-15-2-4-17(5-3-15)14-22-19-8-6-16(7-9-19)10-20-11-18(12-20)13-21/h2-9,13,18H,10-12,14H2,1H3. The van der Waals surface area contributed by atoms with Gasteiger partial charge < -0.3 is 9.53 Å². The molecule has 1 fully saturated rings. The topological polar surface area (TPSA) is 29.5 Å². The number of benzene rings is 2. The van der Waals surface area contributed by atoms with E-state index in [2.05, 4.69) is 48.2 Å². The summed E-state index contributed by atoms with van der Waals surface area (Å²) >= 11 is 0. The zero-order chi connectivity index (χ0) is 15.4. The Bertz CT molecular complexity index is 613. The number of nitrogens with zero attached hydrogens (tertiary/aromatic N) is 1. The first kappa shape index (κ1) is 14.8. The molecular weight excluding hydrogens is 274 g/mol. The number of carbonyl (C=O) groups excluding carboxylic acids is 1. The van der Waals surface area contributed by atoms with Crippen LogP contribution in [0.1, 0.15) is 16.7 Å². The third kappa shape index (κ3) is 3.74. The largest absolute Gasteiger partial charge is 0.489 e. The van der Waals surface area contributed by atoms with Gasteiger partial charge in [0, 0.05) is 25.6 Å². The third-order valence-electron chi connectivity index (χ3n) is 4.03. The Balaban J connectivity index is 1.49. The molecule has 1 aliphatic rings. The van der Waals surface area contributed by atoms with Crippen molar-refractivity contribution in [2.75, 3.05) is 13.1 Å². The first-order chi connectivity index (χ1) is 10.7. The molecule has 0 amide bonds. The van der Waals surface area contributed by atoms with Gasteiger partial charge >= 0.3 is 0 Å². The molecule has 22 heavy (non-hydrogen) atoms. The Hall–Kier alpha value is -2.13. The molecule has 2 aromatic rings. The normalized spacial score (nSPS) is 15.3. The zero-order valence-corrected chi connectivity index (χ0v) is 12.9. The Morgan fingerprint density at radius 2 is 1.68 bits per heavy atom. The summed E-state index contributed by atoms with van der Waals surface area (Å²) in [6.45, 7) is 5.35. The maximum atomic E-state index is 10.6. The highest BCUT2D eigenvalue weighted by atomic mass is 16.5. The van der Waals surface area contributed by atoms with E-state index in [0.29, 0.717) is 6.61 Å². The SMILES string of the molecule is Cc1ccc(COc2ccc(CN3CC(C=O)C3)cc2)cc1. The van der Waals surface area contributed by atoms with Gasteiger partial charge in [0.05, 0.1) is 0 Å². The molecule has 0 aliphatic carbocycles. The van der Waals surface area contributed by atoms with E-state index < -0.39 is 0 Å². The molecule has 1 heterocycles. The number of likely N-dealkylation sites (tertiary alicyclic amines) is 1. The summed E-state index contributed by atoms with van der Waals surface area (Å²) < 4.78 is 5.81. The van der Waals surface area contributed by atoms with E-state index in [-0.39, 0.29) is 5.92 Å². The number of rotatable bonds is 6. The Labute approximate surface area is 131 Å². The number of ether oxygens (including phenoxy) is 1. The first-order valence-electron chi connectivity index (χ1n) is 7.68. The molecule has 0 saturated carbocycles. The van der Waals surface area contributed by atoms with Gasteiger partial charge in [0.1, 0.15) is 18.6 Å². The van der Waals surface area contributed by atoms with Crippen LogP contribution in [0.15, 0.2) is 48.5 Å². The average Bonchev–Trinajstić information content (AvgIpc) is 2.51. The fourth-order valence-electron chi connectivity index (χ4n) is 2.63. The molecule has 3 rings (SSSR count). The average molecular weight is 295 g/mol. The lowest BCUT2D eigenvalue weighted by molar-refractivity contribution is -0.115. The molecule has 3 heteroatoms. The lowest BCUT2D eigenvalue weighted by Gasteiger charge is -2.36. The van der Waals surface area contributed by atoms with Crippen LogP contribution in [0.5, 0.6) is 5.75 Å². The van der Waals surface area contributed by atoms with Gasteiger partial charge in [-0.15, -0.1) is 0 Å². The lowest BCUT2D eigenvalue weighted by Crippen LogP contribution is -2.46. The van der Waals surface area contributed by atoms with Crippen molar-refractivity contribution >= 4 is 6.29 Å². The van der Waals surface area contributed by atoms with Gasteiger partial charge in [-0.25, -0.2) is 0 Å². The molecule has 3 nitrogen and oxygen atoms in total. The summed E-state index contributed by atoms with van der Waals surface area (Å²) in [7, 11) is 0. The summed E-state index contributed by atoms with van der Waals surface area (Å²) in [4.78, 5) is 12.9. The number of carbonyl (C=O) groups is 1. The fourth-order valence-corrected chi connectivity index (χ4v) is 2.63. The zero-order valence-electron chi connectivity index (χ0n) is 12.9. The molecule has 0 bridgehead atoms. The predicted octanol–water partition coefficient (Wildman–Crippen LogP) is 3.20. The van der Waals surface area contributed by atoms with Gasteiger partial charge in [-0.2, -0.15) is 0 Å². The predicted molar refractivity (Wildman–Crippen MR) is 86.8 cm³/mol. The summed E-state index contributed by atoms with van der Waals surface area (Å²) in [5.74, 6) is 1.12. The van der Waals surface area contributed by atoms with E-state index in [1.165, 1.54) is 16.7 Å². The second-order valence-corrected chi connectivity index (χ2v) is 6.01. The molecule has 0 spiro atoms. The quantitative estimate of drug-likeness (QED) is 0.766. The maximum absolute atomic E-state index is 10.6. The van der Waals surface area contributed by atoms with Crippen molar-refractivity contribution in [3.8, 4) is 5.75 Å². The van der Waals surface area contributed by atoms with Crippen LogP contribution in [-0.2, 0) is 17.9 Å². The highest BCUT2D eigenvalue weighted by Gasteiger charge is 2.25. The number of aldehydes is 1. The van der Waals surface area contributed by atoms with Crippen molar-refractivity contribution in [1.82, 2.24) is 4.90 Å². The molecule has 1 saturated heterocycles. The van der Waals surface area contributed by atoms with E-state index in [1.54, 1.807) is 0 Å². The molecule has 0 aromatic heterocycles. The third-order valence-corrected chi connectivity index (χ3v) is 4.03. The van der Waals surface area contributed by atoms with E-state index in [9.17, 15) is 4.79 Å². The van der Waals surface area contributed by atoms with Crippen LogP contribution in [0, 0.1) is 12.8 Å². The van der Waals surface area contributed by atoms with E-state index >= 15 is 0 Å². The minimum atomic E-state index is 0.233. The summed E-state index contributed by atoms with van der Waals surface area (Å²) in [5.41, 5.74) is 3.69. The molecular formula is C19H21NO2. The molecule has 2 aromatic carbocycles. The van der Waals surface area contributed by atoms with Gasteiger partial charge in [-0.3, -0.25) is 4.90 Å². The van der Waals surface area contributed by atoms with Crippen molar-refractivity contribution in [2.24, 2.45) is 5.92 Å². The van der Waals surface area contributed by atoms with E-state index in [4.69, 9.17) is 4.74 Å². The minimum Gasteiger partial charge on any atom is -0.489 e. The van der Waals surface area contributed by atoms with E-state index in [1.807, 2.05) is 12.1 Å². The Kier molecular flexibility index (Phi) is 4.54. The molecule has 114 valence electrons. The van der Waals surface area contributed by atoms with Crippen molar-refractivity contribution in [2.45, 2.75) is 20.1 Å². The van der Waals surface area contributed by atoms with E-state index in [0.717, 1.165) is 31.7 Å². The van der Waals surface area contributed by atoms with Gasteiger partial charge in [0.25, 0.3) is 0 Å². The van der Waals surface area contributed by atoms with Crippen LogP contribution in [0.2, 0.25) is 0 Å². The number of hydrogen-bond donors (Lipinski definition) is 0. The molecule has 0 radical (unpaired) electrons. The fraction of sp³-hybridized carbons (Fsp3) is 0.316. The maximum Gasteiger partial charge on any atom is 0.125 e. The first-order valence-corrected chi connectivity index (χ1v) is 7.68. The van der Waals surface area contributed by atoms with Crippen LogP contribution in [0.3, 0.4) is 0 Å². The van der Waals surface area contributed by atoms with Crippen LogP contribution < -0.4 is 4.74 Å². The second kappa shape index (κ2) is 6.75. The van der Waals surface area contributed by atoms with Crippen LogP contribution in [0.25, 0.3) is 0 Å². The molecule has 0 N–H and O–H groups in total. The Morgan fingerprint density at radius 3 is 2.32 bits per heavy atom. The summed E-state index contributed by atoms with van der Waals surface area (Å²) in [6, 6.07) is 16.6. The van der Waals surface area contributed by atoms with Gasteiger partial charge in [0.15, 0.2) is 0 Å². The second-order valence-electron chi connectivity index (χ2n) is 6.01. The van der Waals surface area contributed by atoms with Crippen molar-refractivity contribution in [3.63, 3.8) is 0 Å². The van der Waals surface area contributed by atoms with Crippen molar-refractivity contribution < 1.29 is 9.53 Å². The summed E-state index contributed by atoms with van der Waals surface area (Å²) in [6.07, 6.45) is 1.05. The molecule has 0 atom stereocenters. The summed E-state index contributed by atoms with van der Waals surface area (Å²) in [5, 5.41) is 0. The van der Waals surface area contributed by atoms with Gasteiger partial charge in [-0.05, 0) is 30.2 Å². The van der Waals surface area contributed by atoms with Crippen LogP contribution in [-0.4, -0.2) is 24.3 Å². The smallest absolute Gasteiger partial charge is 0.125 e. The highest BCUT2D eigenvalue weighted by Crippen LogP contribution is 2.19. The lowest BCUT2D eigenvalue weighted by atomic mass is 10.0. The number of hydrogen-bond acceptors (Lipinski definition) is 3. The minimum absolute atomic E-state index is 0.233. The molecule has 0 unspecified atom stereocenters. The molecule has 1 aliphatic heterocycles. The monoisotopic (exact) mass is 295 g/mol. The van der Waals surface area contributed by atoms with Crippen LogP contribution >= 0.6 is 0 Å². The van der Waals surface area contributed by atoms with Gasteiger partial charge in [-0.1, -0.05) is 42.0 Å². The van der Waals surface area contributed by atoms with Crippen molar-refractivity contribution in [1.29, 1.82) is 0 Å². The highest BCUT2D eigenvalue weighted by molar-refractivity contribution is 5.55. The van der Waals surface area contributed by atoms with Crippen LogP contribution in [0.4, 0.5) is 0 Å². The van der Waals surface area contributed by atoms with Gasteiger partial charge in [0.2, 0.25) is 0 Å². The van der Waals surface area contributed by atoms with Crippen molar-refractivity contribution in [3.05, 3.63) is 65.2 Å². The number of aryl methyl sites for hydroxylation is 1. The Morgan fingerprint density at radius 1 is 1.05 bits per heavy atom.